The lowest BCUT2D eigenvalue weighted by Gasteiger charge is -2.39. The maximum absolute atomic E-state index is 13.8. The predicted molar refractivity (Wildman–Crippen MR) is 152 cm³/mol. The molecule has 0 spiro atoms. The Kier molecular flexibility index (Phi) is 10.2. The van der Waals surface area contributed by atoms with Gasteiger partial charge in [0.15, 0.2) is 0 Å². The van der Waals surface area contributed by atoms with Gasteiger partial charge in [0.1, 0.15) is 5.75 Å². The van der Waals surface area contributed by atoms with E-state index in [1.165, 1.54) is 30.4 Å². The fourth-order valence-electron chi connectivity index (χ4n) is 5.21. The molecule has 1 amide bonds. The average molecular weight is 499 g/mol. The molecule has 0 aliphatic carbocycles. The van der Waals surface area contributed by atoms with Crippen molar-refractivity contribution in [3.05, 3.63) is 101 Å². The maximum Gasteiger partial charge on any atom is 0.254 e. The van der Waals surface area contributed by atoms with E-state index in [-0.39, 0.29) is 11.9 Å². The Morgan fingerprint density at radius 2 is 1.51 bits per heavy atom. The second kappa shape index (κ2) is 14.0. The fraction of sp³-hybridized carbons (Fsp3) is 0.424. The summed E-state index contributed by atoms with van der Waals surface area (Å²) in [6.45, 7) is 8.47. The molecule has 0 saturated carbocycles. The number of carbonyl (C=O) groups excluding carboxylic acids is 1. The molecule has 0 bridgehead atoms. The van der Waals surface area contributed by atoms with Gasteiger partial charge in [-0.05, 0) is 73.6 Å². The number of piperidine rings is 1. The zero-order valence-electron chi connectivity index (χ0n) is 22.6. The summed E-state index contributed by atoms with van der Waals surface area (Å²) in [5, 5.41) is 0. The van der Waals surface area contributed by atoms with Crippen molar-refractivity contribution in [1.29, 1.82) is 0 Å². The van der Waals surface area contributed by atoms with E-state index < -0.39 is 0 Å². The Morgan fingerprint density at radius 1 is 0.838 bits per heavy atom. The molecule has 1 fully saturated rings. The van der Waals surface area contributed by atoms with Crippen molar-refractivity contribution < 1.29 is 9.53 Å². The highest BCUT2D eigenvalue weighted by molar-refractivity contribution is 5.94. The van der Waals surface area contributed by atoms with Crippen LogP contribution in [-0.2, 0) is 19.5 Å². The van der Waals surface area contributed by atoms with Gasteiger partial charge in [0, 0.05) is 37.8 Å². The van der Waals surface area contributed by atoms with E-state index >= 15 is 0 Å². The smallest absolute Gasteiger partial charge is 0.254 e. The number of ether oxygens (including phenoxy) is 1. The van der Waals surface area contributed by atoms with Crippen LogP contribution in [0.4, 0.5) is 0 Å². The van der Waals surface area contributed by atoms with E-state index in [0.29, 0.717) is 13.2 Å². The average Bonchev–Trinajstić information content (AvgIpc) is 2.94. The molecule has 1 aliphatic heterocycles. The van der Waals surface area contributed by atoms with Gasteiger partial charge >= 0.3 is 0 Å². The Bertz CT molecular complexity index is 1070. The van der Waals surface area contributed by atoms with Crippen LogP contribution in [0.25, 0.3) is 0 Å². The minimum Gasteiger partial charge on any atom is -0.494 e. The van der Waals surface area contributed by atoms with Gasteiger partial charge in [-0.15, -0.1) is 0 Å². The summed E-state index contributed by atoms with van der Waals surface area (Å²) in [5.41, 5.74) is 4.59. The van der Waals surface area contributed by atoms with Gasteiger partial charge in [0.05, 0.1) is 6.61 Å². The first-order chi connectivity index (χ1) is 18.2. The number of rotatable bonds is 12. The van der Waals surface area contributed by atoms with Gasteiger partial charge in [-0.1, -0.05) is 74.4 Å². The van der Waals surface area contributed by atoms with Crippen LogP contribution in [0.3, 0.4) is 0 Å². The quantitative estimate of drug-likeness (QED) is 0.249. The largest absolute Gasteiger partial charge is 0.494 e. The predicted octanol–water partition coefficient (Wildman–Crippen LogP) is 7.13. The van der Waals surface area contributed by atoms with Crippen LogP contribution < -0.4 is 4.74 Å². The molecule has 4 rings (SSSR count). The lowest BCUT2D eigenvalue weighted by Crippen LogP contribution is -2.46. The van der Waals surface area contributed by atoms with E-state index in [1.807, 2.05) is 31.2 Å². The number of benzene rings is 3. The second-order valence-electron chi connectivity index (χ2n) is 10.2. The molecular formula is C33H42N2O2. The third-order valence-electron chi connectivity index (χ3n) is 7.36. The number of unbranched alkanes of at least 4 members (excludes halogenated alkanes) is 2. The summed E-state index contributed by atoms with van der Waals surface area (Å²) in [4.78, 5) is 18.5. The standard InChI is InChI=1S/C33H42N2O2/c1-3-5-7-10-27-13-17-30(18-14-27)33(36)35(26-29-15-19-32(20-16-29)37-4-2)31-21-23-34(24-22-31)25-28-11-8-6-9-12-28/h6,8-9,11-20,31H,3-5,7,10,21-26H2,1-2H3. The second-order valence-corrected chi connectivity index (χ2v) is 10.2. The third-order valence-corrected chi connectivity index (χ3v) is 7.36. The molecule has 0 radical (unpaired) electrons. The molecule has 1 heterocycles. The molecule has 4 heteroatoms. The lowest BCUT2D eigenvalue weighted by atomic mass is 9.99. The van der Waals surface area contributed by atoms with Crippen molar-refractivity contribution in [3.8, 4) is 5.75 Å². The fourth-order valence-corrected chi connectivity index (χ4v) is 5.21. The first kappa shape index (κ1) is 26.9. The van der Waals surface area contributed by atoms with Crippen LogP contribution in [-0.4, -0.2) is 41.4 Å². The van der Waals surface area contributed by atoms with E-state index in [4.69, 9.17) is 4.74 Å². The normalized spacial score (nSPS) is 14.4. The van der Waals surface area contributed by atoms with Crippen molar-refractivity contribution in [2.75, 3.05) is 19.7 Å². The van der Waals surface area contributed by atoms with Crippen LogP contribution in [0.15, 0.2) is 78.9 Å². The minimum absolute atomic E-state index is 0.135. The van der Waals surface area contributed by atoms with Crippen molar-refractivity contribution in [2.45, 2.75) is 71.5 Å². The Labute approximate surface area is 223 Å². The molecular weight excluding hydrogens is 456 g/mol. The van der Waals surface area contributed by atoms with E-state index in [2.05, 4.69) is 71.3 Å². The number of nitrogens with zero attached hydrogens (tertiary/aromatic N) is 2. The summed E-state index contributed by atoms with van der Waals surface area (Å²) in [6, 6.07) is 27.4. The first-order valence-corrected chi connectivity index (χ1v) is 14.0. The molecule has 196 valence electrons. The van der Waals surface area contributed by atoms with Crippen LogP contribution in [0.2, 0.25) is 0 Å². The van der Waals surface area contributed by atoms with Gasteiger partial charge in [-0.3, -0.25) is 9.69 Å². The molecule has 0 aromatic heterocycles. The number of aryl methyl sites for hydroxylation is 1. The molecule has 0 N–H and O–H groups in total. The summed E-state index contributed by atoms with van der Waals surface area (Å²) >= 11 is 0. The summed E-state index contributed by atoms with van der Waals surface area (Å²) in [7, 11) is 0. The SMILES string of the molecule is CCCCCc1ccc(C(=O)N(Cc2ccc(OCC)cc2)C2CCN(Cc3ccccc3)CC2)cc1. The topological polar surface area (TPSA) is 32.8 Å². The van der Waals surface area contributed by atoms with Crippen LogP contribution in [0.1, 0.15) is 73.0 Å². The van der Waals surface area contributed by atoms with Crippen molar-refractivity contribution in [1.82, 2.24) is 9.80 Å². The first-order valence-electron chi connectivity index (χ1n) is 14.0. The molecule has 1 saturated heterocycles. The number of likely N-dealkylation sites (tertiary alicyclic amines) is 1. The maximum atomic E-state index is 13.8. The monoisotopic (exact) mass is 498 g/mol. The Balaban J connectivity index is 1.45. The van der Waals surface area contributed by atoms with Gasteiger partial charge < -0.3 is 9.64 Å². The van der Waals surface area contributed by atoms with E-state index in [1.54, 1.807) is 0 Å². The molecule has 0 unspecified atom stereocenters. The van der Waals surface area contributed by atoms with Crippen LogP contribution in [0.5, 0.6) is 5.75 Å². The number of hydrogen-bond donors (Lipinski definition) is 0. The summed E-state index contributed by atoms with van der Waals surface area (Å²) < 4.78 is 5.62. The van der Waals surface area contributed by atoms with Gasteiger partial charge in [0.25, 0.3) is 5.91 Å². The summed E-state index contributed by atoms with van der Waals surface area (Å²) in [6.07, 6.45) is 6.74. The Hall–Kier alpha value is -3.11. The highest BCUT2D eigenvalue weighted by Gasteiger charge is 2.29. The molecule has 3 aromatic rings. The Morgan fingerprint density at radius 3 is 2.16 bits per heavy atom. The molecule has 37 heavy (non-hydrogen) atoms. The summed E-state index contributed by atoms with van der Waals surface area (Å²) in [5.74, 6) is 1.01. The zero-order valence-corrected chi connectivity index (χ0v) is 22.6. The highest BCUT2D eigenvalue weighted by Crippen LogP contribution is 2.24. The van der Waals surface area contributed by atoms with Crippen molar-refractivity contribution in [3.63, 3.8) is 0 Å². The third kappa shape index (κ3) is 7.93. The molecule has 3 aromatic carbocycles. The van der Waals surface area contributed by atoms with Crippen LogP contribution in [0, 0.1) is 0 Å². The molecule has 4 nitrogen and oxygen atoms in total. The molecule has 1 aliphatic rings. The number of amides is 1. The van der Waals surface area contributed by atoms with Gasteiger partial charge in [0.2, 0.25) is 0 Å². The molecule has 0 atom stereocenters. The number of carbonyl (C=O) groups is 1. The van der Waals surface area contributed by atoms with Crippen molar-refractivity contribution in [2.24, 2.45) is 0 Å². The van der Waals surface area contributed by atoms with Gasteiger partial charge in [-0.25, -0.2) is 0 Å². The minimum atomic E-state index is 0.135. The van der Waals surface area contributed by atoms with Crippen LogP contribution >= 0.6 is 0 Å². The lowest BCUT2D eigenvalue weighted by molar-refractivity contribution is 0.0543. The van der Waals surface area contributed by atoms with E-state index in [9.17, 15) is 4.79 Å². The number of hydrogen-bond acceptors (Lipinski definition) is 3. The zero-order chi connectivity index (χ0) is 25.9. The van der Waals surface area contributed by atoms with Gasteiger partial charge in [-0.2, -0.15) is 0 Å². The van der Waals surface area contributed by atoms with Crippen molar-refractivity contribution >= 4 is 5.91 Å². The van der Waals surface area contributed by atoms with E-state index in [0.717, 1.165) is 55.8 Å². The highest BCUT2D eigenvalue weighted by atomic mass is 16.5.